The molecule has 0 radical (unpaired) electrons. The minimum absolute atomic E-state index is 0.826. The second-order valence-electron chi connectivity index (χ2n) is 4.89. The zero-order valence-electron chi connectivity index (χ0n) is 12.9. The molecule has 0 atom stereocenters. The van der Waals surface area contributed by atoms with Crippen LogP contribution in [0.2, 0.25) is 0 Å². The molecule has 122 valence electrons. The van der Waals surface area contributed by atoms with E-state index in [0.29, 0.717) is 0 Å². The Labute approximate surface area is 133 Å². The fraction of sp³-hybridized carbons (Fsp3) is 1.00. The predicted molar refractivity (Wildman–Crippen MR) is 96.2 cm³/mol. The molecule has 0 aliphatic rings. The van der Waals surface area contributed by atoms with Crippen molar-refractivity contribution in [3.8, 4) is 0 Å². The van der Waals surface area contributed by atoms with Gasteiger partial charge in [0.25, 0.3) is 0 Å². The Morgan fingerprint density at radius 2 is 1.20 bits per heavy atom. The highest BCUT2D eigenvalue weighted by Crippen LogP contribution is 2.18. The molecule has 0 fully saturated rings. The fourth-order valence-electron chi connectivity index (χ4n) is 1.77. The van der Waals surface area contributed by atoms with Gasteiger partial charge in [-0.2, -0.15) is 0 Å². The molecular weight excluding hydrogens is 288 g/mol. The van der Waals surface area contributed by atoms with Crippen molar-refractivity contribution >= 4 is 21.6 Å². The number of hydrogen-bond acceptors (Lipinski definition) is 6. The summed E-state index contributed by atoms with van der Waals surface area (Å²) in [6.07, 6.45) is 8.68. The van der Waals surface area contributed by atoms with Gasteiger partial charge in [0, 0.05) is 12.3 Å². The molecule has 0 aromatic heterocycles. The molecule has 0 aromatic rings. The maximum atomic E-state index is 5.46. The maximum absolute atomic E-state index is 5.46. The normalized spacial score (nSPS) is 11.1. The molecule has 0 saturated carbocycles. The Bertz CT molecular complexity index is 155. The lowest BCUT2D eigenvalue weighted by Gasteiger charge is -2.05. The summed E-state index contributed by atoms with van der Waals surface area (Å²) >= 11 is 0. The average Bonchev–Trinajstić information content (AvgIpc) is 2.47. The molecule has 0 aliphatic heterocycles. The lowest BCUT2D eigenvalue weighted by atomic mass is 10.2. The van der Waals surface area contributed by atoms with Crippen LogP contribution in [0.5, 0.6) is 0 Å². The first-order valence-electron chi connectivity index (χ1n) is 7.97. The fourth-order valence-corrected chi connectivity index (χ4v) is 3.53. The van der Waals surface area contributed by atoms with Crippen LogP contribution >= 0.6 is 21.6 Å². The molecule has 20 heavy (non-hydrogen) atoms. The first-order chi connectivity index (χ1) is 9.91. The van der Waals surface area contributed by atoms with Crippen molar-refractivity contribution < 1.29 is 0 Å². The molecule has 0 rings (SSSR count). The summed E-state index contributed by atoms with van der Waals surface area (Å²) in [6, 6.07) is 0. The lowest BCUT2D eigenvalue weighted by Crippen LogP contribution is -2.18. The van der Waals surface area contributed by atoms with Crippen molar-refractivity contribution in [1.82, 2.24) is 10.6 Å². The highest BCUT2D eigenvalue weighted by atomic mass is 33.1. The molecule has 6 N–H and O–H groups in total. The highest BCUT2D eigenvalue weighted by molar-refractivity contribution is 8.76. The Morgan fingerprint density at radius 1 is 0.600 bits per heavy atom. The van der Waals surface area contributed by atoms with Crippen molar-refractivity contribution in [1.29, 1.82) is 0 Å². The molecule has 0 amide bonds. The van der Waals surface area contributed by atoms with E-state index >= 15 is 0 Å². The number of unbranched alkanes of at least 4 members (excludes halogenated alkanes) is 5. The monoisotopic (exact) mass is 322 g/mol. The van der Waals surface area contributed by atoms with Gasteiger partial charge in [-0.05, 0) is 51.9 Å². The molecule has 0 saturated heterocycles. The van der Waals surface area contributed by atoms with Gasteiger partial charge in [0.15, 0.2) is 0 Å². The number of nitrogens with one attached hydrogen (secondary N) is 2. The van der Waals surface area contributed by atoms with Crippen molar-refractivity contribution in [3.63, 3.8) is 0 Å². The third-order valence-electron chi connectivity index (χ3n) is 2.97. The quantitative estimate of drug-likeness (QED) is 0.187. The van der Waals surface area contributed by atoms with E-state index in [-0.39, 0.29) is 0 Å². The van der Waals surface area contributed by atoms with E-state index in [4.69, 9.17) is 11.5 Å². The Balaban J connectivity index is 2.89. The molecule has 6 heteroatoms. The van der Waals surface area contributed by atoms with E-state index in [2.05, 4.69) is 10.6 Å². The van der Waals surface area contributed by atoms with Crippen molar-refractivity contribution in [2.75, 3.05) is 44.4 Å². The van der Waals surface area contributed by atoms with Crippen LogP contribution in [0.1, 0.15) is 44.9 Å². The molecule has 0 spiro atoms. The second kappa shape index (κ2) is 19.5. The third kappa shape index (κ3) is 18.5. The third-order valence-corrected chi connectivity index (χ3v) is 5.18. The van der Waals surface area contributed by atoms with Crippen LogP contribution in [-0.4, -0.2) is 44.4 Å². The summed E-state index contributed by atoms with van der Waals surface area (Å²) in [5.41, 5.74) is 10.9. The average molecular weight is 323 g/mol. The molecule has 4 nitrogen and oxygen atoms in total. The van der Waals surface area contributed by atoms with Crippen LogP contribution in [0.25, 0.3) is 0 Å². The molecular formula is C14H34N4S2. The van der Waals surface area contributed by atoms with E-state index in [1.165, 1.54) is 44.3 Å². The van der Waals surface area contributed by atoms with Crippen LogP contribution in [0, 0.1) is 0 Å². The summed E-state index contributed by atoms with van der Waals surface area (Å²) in [5.74, 6) is 2.23. The van der Waals surface area contributed by atoms with E-state index in [9.17, 15) is 0 Å². The van der Waals surface area contributed by atoms with Gasteiger partial charge < -0.3 is 22.1 Å². The van der Waals surface area contributed by atoms with Crippen molar-refractivity contribution in [2.24, 2.45) is 11.5 Å². The summed E-state index contributed by atoms with van der Waals surface area (Å²) < 4.78 is 0. The molecule has 0 bridgehead atoms. The predicted octanol–water partition coefficient (Wildman–Crippen LogP) is 2.15. The number of nitrogens with two attached hydrogens (primary N) is 2. The maximum Gasteiger partial charge on any atom is 0.0523 e. The topological polar surface area (TPSA) is 76.1 Å². The van der Waals surface area contributed by atoms with E-state index < -0.39 is 0 Å². The standard InChI is InChI=1S/C14H34N4S2/c15-8-4-1-2-6-11-18-14-20-19-13-12-17-10-7-3-5-9-16/h17-18H,1-16H2. The lowest BCUT2D eigenvalue weighted by molar-refractivity contribution is 0.617. The molecule has 0 heterocycles. The van der Waals surface area contributed by atoms with E-state index in [1.807, 2.05) is 21.6 Å². The van der Waals surface area contributed by atoms with Gasteiger partial charge >= 0.3 is 0 Å². The van der Waals surface area contributed by atoms with Crippen LogP contribution < -0.4 is 22.1 Å². The van der Waals surface area contributed by atoms with Crippen LogP contribution in [-0.2, 0) is 0 Å². The minimum Gasteiger partial charge on any atom is -0.330 e. The van der Waals surface area contributed by atoms with Crippen LogP contribution in [0.3, 0.4) is 0 Å². The van der Waals surface area contributed by atoms with Gasteiger partial charge in [0.2, 0.25) is 0 Å². The largest absolute Gasteiger partial charge is 0.330 e. The van der Waals surface area contributed by atoms with E-state index in [0.717, 1.165) is 45.0 Å². The zero-order chi connectivity index (χ0) is 14.7. The summed E-state index contributed by atoms with van der Waals surface area (Å²) in [5, 5.41) is 6.94. The smallest absolute Gasteiger partial charge is 0.0523 e. The van der Waals surface area contributed by atoms with Gasteiger partial charge in [-0.1, -0.05) is 40.9 Å². The zero-order valence-corrected chi connectivity index (χ0v) is 14.5. The van der Waals surface area contributed by atoms with Gasteiger partial charge in [-0.15, -0.1) is 0 Å². The van der Waals surface area contributed by atoms with Gasteiger partial charge in [-0.25, -0.2) is 0 Å². The first-order valence-corrected chi connectivity index (χ1v) is 10.5. The number of rotatable bonds is 17. The van der Waals surface area contributed by atoms with Gasteiger partial charge in [0.05, 0.1) is 5.88 Å². The first kappa shape index (κ1) is 20.5. The molecule has 0 aliphatic carbocycles. The van der Waals surface area contributed by atoms with Crippen molar-refractivity contribution in [2.45, 2.75) is 44.9 Å². The van der Waals surface area contributed by atoms with Crippen LogP contribution in [0.15, 0.2) is 0 Å². The molecule has 0 aromatic carbocycles. The summed E-state index contributed by atoms with van der Waals surface area (Å²) in [6.45, 7) is 5.04. The van der Waals surface area contributed by atoms with E-state index in [1.54, 1.807) is 0 Å². The Kier molecular flexibility index (Phi) is 20.1. The van der Waals surface area contributed by atoms with Gasteiger partial charge in [0.1, 0.15) is 0 Å². The second-order valence-corrected chi connectivity index (χ2v) is 7.47. The SMILES string of the molecule is NCCCCCCNCSSCCNCCCCCN. The van der Waals surface area contributed by atoms with Gasteiger partial charge in [-0.3, -0.25) is 0 Å². The van der Waals surface area contributed by atoms with Crippen molar-refractivity contribution in [3.05, 3.63) is 0 Å². The molecule has 0 unspecified atom stereocenters. The Hall–Kier alpha value is 0.540. The van der Waals surface area contributed by atoms with Crippen LogP contribution in [0.4, 0.5) is 0 Å². The summed E-state index contributed by atoms with van der Waals surface area (Å²) in [4.78, 5) is 0. The number of hydrogen-bond donors (Lipinski definition) is 4. The highest BCUT2D eigenvalue weighted by Gasteiger charge is 1.93. The summed E-state index contributed by atoms with van der Waals surface area (Å²) in [7, 11) is 3.87. The minimum atomic E-state index is 0.826. The Morgan fingerprint density at radius 3 is 1.90 bits per heavy atom.